The summed E-state index contributed by atoms with van der Waals surface area (Å²) in [6, 6.07) is 2.03. The smallest absolute Gasteiger partial charge is 0.254 e. The predicted octanol–water partition coefficient (Wildman–Crippen LogP) is 1.55. The number of amides is 1. The highest BCUT2D eigenvalue weighted by atomic mass is 19.1. The summed E-state index contributed by atoms with van der Waals surface area (Å²) in [5, 5.41) is 5.49. The van der Waals surface area contributed by atoms with Gasteiger partial charge in [-0.1, -0.05) is 6.58 Å². The van der Waals surface area contributed by atoms with Gasteiger partial charge in [0.1, 0.15) is 18.0 Å². The number of hydrazone groups is 1. The molecule has 0 heterocycles. The molecular formula is C13H15F2N3O2. The fourth-order valence-corrected chi connectivity index (χ4v) is 1.38. The fraction of sp³-hybridized carbons (Fsp3) is 0.231. The molecule has 0 aromatic heterocycles. The van der Waals surface area contributed by atoms with E-state index in [0.717, 1.165) is 12.1 Å². The Morgan fingerprint density at radius 3 is 2.85 bits per heavy atom. The van der Waals surface area contributed by atoms with Crippen LogP contribution in [0.25, 0.3) is 0 Å². The van der Waals surface area contributed by atoms with E-state index in [4.69, 9.17) is 10.5 Å². The van der Waals surface area contributed by atoms with Crippen molar-refractivity contribution < 1.29 is 18.3 Å². The van der Waals surface area contributed by atoms with Gasteiger partial charge in [-0.15, -0.1) is 0 Å². The number of rotatable bonds is 7. The van der Waals surface area contributed by atoms with Crippen molar-refractivity contribution in [1.82, 2.24) is 5.01 Å². The summed E-state index contributed by atoms with van der Waals surface area (Å²) in [5.74, 6) is -3.54. The highest BCUT2D eigenvalue weighted by Gasteiger charge is 2.19. The molecule has 1 aromatic carbocycles. The second-order valence-electron chi connectivity index (χ2n) is 3.83. The molecule has 0 spiro atoms. The van der Waals surface area contributed by atoms with E-state index in [-0.39, 0.29) is 12.4 Å². The van der Waals surface area contributed by atoms with Gasteiger partial charge in [-0.3, -0.25) is 9.80 Å². The maximum Gasteiger partial charge on any atom is 0.254 e. The summed E-state index contributed by atoms with van der Waals surface area (Å²) in [6.45, 7) is 3.94. The molecule has 1 aromatic rings. The van der Waals surface area contributed by atoms with Crippen molar-refractivity contribution in [2.24, 2.45) is 10.8 Å². The van der Waals surface area contributed by atoms with E-state index in [9.17, 15) is 13.6 Å². The fourth-order valence-electron chi connectivity index (χ4n) is 1.38. The van der Waals surface area contributed by atoms with Gasteiger partial charge in [0.05, 0.1) is 6.54 Å². The number of hydrogen-bond acceptors (Lipinski definition) is 4. The molecule has 0 bridgehead atoms. The first kappa shape index (κ1) is 15.6. The van der Waals surface area contributed by atoms with Crippen LogP contribution in [0.15, 0.2) is 29.9 Å². The lowest BCUT2D eigenvalue weighted by Gasteiger charge is -2.14. The van der Waals surface area contributed by atoms with Gasteiger partial charge in [0.2, 0.25) is 0 Å². The van der Waals surface area contributed by atoms with Crippen LogP contribution in [0.2, 0.25) is 0 Å². The van der Waals surface area contributed by atoms with E-state index in [2.05, 4.69) is 11.7 Å². The van der Waals surface area contributed by atoms with Crippen molar-refractivity contribution in [2.75, 3.05) is 20.2 Å². The normalized spacial score (nSPS) is 10.6. The van der Waals surface area contributed by atoms with Gasteiger partial charge in [-0.2, -0.15) is 5.10 Å². The Hall–Kier alpha value is -2.44. The van der Waals surface area contributed by atoms with E-state index in [1.807, 2.05) is 0 Å². The molecule has 0 saturated heterocycles. The lowest BCUT2D eigenvalue weighted by molar-refractivity contribution is 0.0991. The molecule has 0 saturated carbocycles. The van der Waals surface area contributed by atoms with Gasteiger partial charge in [-0.25, -0.2) is 8.78 Å². The molecule has 1 amide bonds. The molecule has 108 valence electrons. The molecule has 7 heteroatoms. The maximum absolute atomic E-state index is 13.8. The van der Waals surface area contributed by atoms with E-state index in [0.29, 0.717) is 6.54 Å². The van der Waals surface area contributed by atoms with E-state index in [1.165, 1.54) is 12.3 Å². The van der Waals surface area contributed by atoms with Crippen molar-refractivity contribution in [3.8, 4) is 5.75 Å². The summed E-state index contributed by atoms with van der Waals surface area (Å²) in [5.41, 5.74) is 4.10. The molecular weight excluding hydrogens is 268 g/mol. The van der Waals surface area contributed by atoms with E-state index < -0.39 is 23.1 Å². The number of primary amides is 1. The minimum atomic E-state index is -1.18. The number of halogens is 2. The highest BCUT2D eigenvalue weighted by Crippen LogP contribution is 2.22. The molecule has 1 rings (SSSR count). The van der Waals surface area contributed by atoms with Crippen LogP contribution in [0.3, 0.4) is 0 Å². The number of likely N-dealkylation sites (N-methyl/N-ethyl adjacent to an activating group) is 1. The number of hydrogen-bond donors (Lipinski definition) is 1. The molecule has 0 aliphatic carbocycles. The Morgan fingerprint density at radius 2 is 2.25 bits per heavy atom. The zero-order chi connectivity index (χ0) is 15.1. The molecule has 0 aliphatic rings. The number of carbonyl (C=O) groups excluding carboxylic acids is 1. The number of ether oxygens (including phenoxy) is 1. The van der Waals surface area contributed by atoms with Crippen LogP contribution in [0.4, 0.5) is 8.78 Å². The Morgan fingerprint density at radius 1 is 1.55 bits per heavy atom. The summed E-state index contributed by atoms with van der Waals surface area (Å²) in [7, 11) is 1.69. The molecule has 0 aliphatic heterocycles. The molecule has 2 N–H and O–H groups in total. The summed E-state index contributed by atoms with van der Waals surface area (Å²) >= 11 is 0. The SMILES string of the molecule is C=C/C=N\N(C)CCOc1ccc(F)c(C(N)=O)c1F. The zero-order valence-corrected chi connectivity index (χ0v) is 11.0. The monoisotopic (exact) mass is 283 g/mol. The third-order valence-electron chi connectivity index (χ3n) is 2.34. The minimum Gasteiger partial charge on any atom is -0.489 e. The van der Waals surface area contributed by atoms with Crippen molar-refractivity contribution in [3.05, 3.63) is 42.0 Å². The summed E-state index contributed by atoms with van der Waals surface area (Å²) in [6.07, 6.45) is 3.00. The first-order valence-electron chi connectivity index (χ1n) is 5.74. The van der Waals surface area contributed by atoms with Crippen LogP contribution in [-0.2, 0) is 0 Å². The average molecular weight is 283 g/mol. The zero-order valence-electron chi connectivity index (χ0n) is 11.0. The highest BCUT2D eigenvalue weighted by molar-refractivity contribution is 5.93. The van der Waals surface area contributed by atoms with Crippen molar-refractivity contribution in [3.63, 3.8) is 0 Å². The largest absolute Gasteiger partial charge is 0.489 e. The Kier molecular flexibility index (Phi) is 5.64. The Bertz CT molecular complexity index is 533. The summed E-state index contributed by atoms with van der Waals surface area (Å²) < 4.78 is 32.2. The van der Waals surface area contributed by atoms with Gasteiger partial charge in [0.25, 0.3) is 5.91 Å². The molecule has 0 unspecified atom stereocenters. The molecule has 0 fully saturated rings. The van der Waals surface area contributed by atoms with Gasteiger partial charge in [-0.05, 0) is 18.2 Å². The van der Waals surface area contributed by atoms with Gasteiger partial charge >= 0.3 is 0 Å². The Labute approximate surface area is 115 Å². The van der Waals surface area contributed by atoms with Crippen LogP contribution in [-0.4, -0.2) is 37.3 Å². The third-order valence-corrected chi connectivity index (χ3v) is 2.34. The maximum atomic E-state index is 13.8. The van der Waals surface area contributed by atoms with Crippen molar-refractivity contribution in [2.45, 2.75) is 0 Å². The van der Waals surface area contributed by atoms with Crippen LogP contribution >= 0.6 is 0 Å². The predicted molar refractivity (Wildman–Crippen MR) is 71.7 cm³/mol. The number of benzene rings is 1. The lowest BCUT2D eigenvalue weighted by Crippen LogP contribution is -2.20. The molecule has 0 atom stereocenters. The molecule has 0 radical (unpaired) electrons. The van der Waals surface area contributed by atoms with E-state index in [1.54, 1.807) is 12.1 Å². The number of allylic oxidation sites excluding steroid dienone is 1. The molecule has 20 heavy (non-hydrogen) atoms. The lowest BCUT2D eigenvalue weighted by atomic mass is 10.1. The third kappa shape index (κ3) is 4.04. The second-order valence-corrected chi connectivity index (χ2v) is 3.83. The first-order chi connectivity index (χ1) is 9.47. The van der Waals surface area contributed by atoms with E-state index >= 15 is 0 Å². The minimum absolute atomic E-state index is 0.103. The quantitative estimate of drug-likeness (QED) is 0.609. The van der Waals surface area contributed by atoms with Gasteiger partial charge in [0.15, 0.2) is 11.6 Å². The van der Waals surface area contributed by atoms with Crippen LogP contribution in [0.5, 0.6) is 5.75 Å². The van der Waals surface area contributed by atoms with Crippen LogP contribution in [0.1, 0.15) is 10.4 Å². The topological polar surface area (TPSA) is 67.9 Å². The standard InChI is InChI=1S/C13H15F2N3O2/c1-3-6-17-18(2)7-8-20-10-5-4-9(14)11(12(10)15)13(16)19/h3-6H,1,7-8H2,2H3,(H2,16,19)/b17-6-. The number of nitrogens with two attached hydrogens (primary N) is 1. The van der Waals surface area contributed by atoms with Crippen molar-refractivity contribution >= 4 is 12.1 Å². The van der Waals surface area contributed by atoms with Crippen molar-refractivity contribution in [1.29, 1.82) is 0 Å². The Balaban J connectivity index is 2.70. The van der Waals surface area contributed by atoms with Gasteiger partial charge < -0.3 is 10.5 Å². The summed E-state index contributed by atoms with van der Waals surface area (Å²) in [4.78, 5) is 10.9. The van der Waals surface area contributed by atoms with Gasteiger partial charge in [0, 0.05) is 13.3 Å². The first-order valence-corrected chi connectivity index (χ1v) is 5.74. The number of nitrogens with zero attached hydrogens (tertiary/aromatic N) is 2. The molecule has 5 nitrogen and oxygen atoms in total. The van der Waals surface area contributed by atoms with Crippen LogP contribution in [0, 0.1) is 11.6 Å². The van der Waals surface area contributed by atoms with Crippen LogP contribution < -0.4 is 10.5 Å². The number of carbonyl (C=O) groups is 1. The average Bonchev–Trinajstić information content (AvgIpc) is 2.38. The second kappa shape index (κ2) is 7.22.